The van der Waals surface area contributed by atoms with E-state index in [0.717, 1.165) is 18.5 Å². The minimum absolute atomic E-state index is 0.646. The Morgan fingerprint density at radius 2 is 1.94 bits per heavy atom. The highest BCUT2D eigenvalue weighted by Crippen LogP contribution is 2.28. The Morgan fingerprint density at radius 3 is 2.56 bits per heavy atom. The van der Waals surface area contributed by atoms with Crippen molar-refractivity contribution in [2.75, 3.05) is 12.8 Å². The van der Waals surface area contributed by atoms with Gasteiger partial charge in [0.1, 0.15) is 0 Å². The molecule has 0 bridgehead atoms. The lowest BCUT2D eigenvalue weighted by Crippen LogP contribution is -2.34. The van der Waals surface area contributed by atoms with Gasteiger partial charge in [-0.15, -0.1) is 0 Å². The number of hydrogen-bond acceptors (Lipinski definition) is 2. The summed E-state index contributed by atoms with van der Waals surface area (Å²) in [6.45, 7) is 3.32. The Bertz CT molecular complexity index is 397. The number of hydrogen-bond donors (Lipinski definition) is 1. The summed E-state index contributed by atoms with van der Waals surface area (Å²) in [6.07, 6.45) is 5.36. The van der Waals surface area contributed by atoms with Crippen LogP contribution in [-0.4, -0.2) is 18.0 Å². The summed E-state index contributed by atoms with van der Waals surface area (Å²) in [5, 5.41) is 0.646. The SMILES string of the molecule is CC1CCC(N(C)Cc2ccc(Cl)c(N)c2)CC1. The van der Waals surface area contributed by atoms with Gasteiger partial charge in [-0.3, -0.25) is 4.90 Å². The number of nitrogen functional groups attached to an aromatic ring is 1. The van der Waals surface area contributed by atoms with Crippen LogP contribution in [0.5, 0.6) is 0 Å². The third-order valence-corrected chi connectivity index (χ3v) is 4.45. The first-order chi connectivity index (χ1) is 8.56. The summed E-state index contributed by atoms with van der Waals surface area (Å²) in [4.78, 5) is 2.45. The summed E-state index contributed by atoms with van der Waals surface area (Å²) in [5.41, 5.74) is 7.77. The summed E-state index contributed by atoms with van der Waals surface area (Å²) in [6, 6.07) is 6.67. The Hall–Kier alpha value is -0.730. The molecule has 0 spiro atoms. The molecule has 0 atom stereocenters. The fourth-order valence-corrected chi connectivity index (χ4v) is 2.91. The maximum absolute atomic E-state index is 5.94. The Balaban J connectivity index is 1.94. The topological polar surface area (TPSA) is 29.3 Å². The van der Waals surface area contributed by atoms with Crippen molar-refractivity contribution in [1.82, 2.24) is 4.90 Å². The summed E-state index contributed by atoms with van der Waals surface area (Å²) >= 11 is 5.94. The second kappa shape index (κ2) is 5.94. The highest BCUT2D eigenvalue weighted by molar-refractivity contribution is 6.33. The van der Waals surface area contributed by atoms with E-state index in [-0.39, 0.29) is 0 Å². The minimum atomic E-state index is 0.646. The molecule has 2 nitrogen and oxygen atoms in total. The van der Waals surface area contributed by atoms with Crippen molar-refractivity contribution in [2.24, 2.45) is 5.92 Å². The summed E-state index contributed by atoms with van der Waals surface area (Å²) in [5.74, 6) is 0.904. The molecule has 0 aromatic heterocycles. The smallest absolute Gasteiger partial charge is 0.0635 e. The fraction of sp³-hybridized carbons (Fsp3) is 0.600. The first-order valence-corrected chi connectivity index (χ1v) is 7.18. The second-order valence-electron chi connectivity index (χ2n) is 5.68. The van der Waals surface area contributed by atoms with E-state index in [2.05, 4.69) is 24.9 Å². The van der Waals surface area contributed by atoms with Gasteiger partial charge in [0.15, 0.2) is 0 Å². The van der Waals surface area contributed by atoms with E-state index in [0.29, 0.717) is 10.7 Å². The number of nitrogens with two attached hydrogens (primary N) is 1. The van der Waals surface area contributed by atoms with E-state index in [1.54, 1.807) is 0 Å². The molecule has 1 aromatic carbocycles. The lowest BCUT2D eigenvalue weighted by atomic mass is 9.86. The number of nitrogens with zero attached hydrogens (tertiary/aromatic N) is 1. The first kappa shape index (κ1) is 13.7. The quantitative estimate of drug-likeness (QED) is 0.840. The molecule has 3 heteroatoms. The molecule has 0 saturated heterocycles. The number of rotatable bonds is 3. The van der Waals surface area contributed by atoms with Crippen LogP contribution >= 0.6 is 11.6 Å². The van der Waals surface area contributed by atoms with Crippen LogP contribution in [0.25, 0.3) is 0 Å². The highest BCUT2D eigenvalue weighted by Gasteiger charge is 2.21. The Morgan fingerprint density at radius 1 is 1.28 bits per heavy atom. The van der Waals surface area contributed by atoms with Gasteiger partial charge in [-0.1, -0.05) is 24.6 Å². The average Bonchev–Trinajstić information content (AvgIpc) is 2.34. The van der Waals surface area contributed by atoms with Gasteiger partial charge in [0.2, 0.25) is 0 Å². The van der Waals surface area contributed by atoms with Crippen LogP contribution in [0.1, 0.15) is 38.2 Å². The maximum Gasteiger partial charge on any atom is 0.0635 e. The highest BCUT2D eigenvalue weighted by atomic mass is 35.5. The van der Waals surface area contributed by atoms with Crippen LogP contribution < -0.4 is 5.73 Å². The van der Waals surface area contributed by atoms with Gasteiger partial charge >= 0.3 is 0 Å². The van der Waals surface area contributed by atoms with Crippen molar-refractivity contribution in [3.05, 3.63) is 28.8 Å². The standard InChI is InChI=1S/C15H23ClN2/c1-11-3-6-13(7-4-11)18(2)10-12-5-8-14(16)15(17)9-12/h5,8-9,11,13H,3-4,6-7,10,17H2,1-2H3. The predicted molar refractivity (Wildman–Crippen MR) is 78.8 cm³/mol. The maximum atomic E-state index is 5.94. The van der Waals surface area contributed by atoms with Crippen molar-refractivity contribution >= 4 is 17.3 Å². The summed E-state index contributed by atoms with van der Waals surface area (Å²) in [7, 11) is 2.21. The molecule has 1 saturated carbocycles. The zero-order valence-corrected chi connectivity index (χ0v) is 12.1. The largest absolute Gasteiger partial charge is 0.398 e. The third-order valence-electron chi connectivity index (χ3n) is 4.10. The molecule has 1 fully saturated rings. The third kappa shape index (κ3) is 3.39. The minimum Gasteiger partial charge on any atom is -0.398 e. The Labute approximate surface area is 115 Å². The van der Waals surface area contributed by atoms with E-state index < -0.39 is 0 Å². The van der Waals surface area contributed by atoms with E-state index in [9.17, 15) is 0 Å². The van der Waals surface area contributed by atoms with E-state index in [4.69, 9.17) is 17.3 Å². The van der Waals surface area contributed by atoms with Crippen molar-refractivity contribution < 1.29 is 0 Å². The van der Waals surface area contributed by atoms with Crippen LogP contribution in [0.3, 0.4) is 0 Å². The number of benzene rings is 1. The van der Waals surface area contributed by atoms with Crippen molar-refractivity contribution in [2.45, 2.75) is 45.2 Å². The molecule has 100 valence electrons. The van der Waals surface area contributed by atoms with Gasteiger partial charge in [-0.2, -0.15) is 0 Å². The molecule has 1 aliphatic carbocycles. The molecule has 1 aliphatic rings. The van der Waals surface area contributed by atoms with Crippen LogP contribution in [0, 0.1) is 5.92 Å². The zero-order valence-electron chi connectivity index (χ0n) is 11.3. The molecule has 0 unspecified atom stereocenters. The van der Waals surface area contributed by atoms with Gasteiger partial charge in [-0.25, -0.2) is 0 Å². The molecular weight excluding hydrogens is 244 g/mol. The molecule has 0 aliphatic heterocycles. The van der Waals surface area contributed by atoms with Crippen molar-refractivity contribution in [3.8, 4) is 0 Å². The summed E-state index contributed by atoms with van der Waals surface area (Å²) < 4.78 is 0. The van der Waals surface area contributed by atoms with Crippen molar-refractivity contribution in [3.63, 3.8) is 0 Å². The zero-order chi connectivity index (χ0) is 13.1. The van der Waals surface area contributed by atoms with Gasteiger partial charge in [0.05, 0.1) is 10.7 Å². The number of halogens is 1. The average molecular weight is 267 g/mol. The van der Waals surface area contributed by atoms with Crippen LogP contribution in [-0.2, 0) is 6.54 Å². The fourth-order valence-electron chi connectivity index (χ4n) is 2.79. The van der Waals surface area contributed by atoms with Crippen LogP contribution in [0.2, 0.25) is 5.02 Å². The normalized spacial score (nSPS) is 24.4. The van der Waals surface area contributed by atoms with E-state index in [1.807, 2.05) is 12.1 Å². The van der Waals surface area contributed by atoms with E-state index in [1.165, 1.54) is 31.2 Å². The molecule has 1 aromatic rings. The number of anilines is 1. The first-order valence-electron chi connectivity index (χ1n) is 6.80. The van der Waals surface area contributed by atoms with Crippen LogP contribution in [0.4, 0.5) is 5.69 Å². The van der Waals surface area contributed by atoms with Gasteiger partial charge < -0.3 is 5.73 Å². The molecule has 18 heavy (non-hydrogen) atoms. The van der Waals surface area contributed by atoms with Gasteiger partial charge in [0, 0.05) is 12.6 Å². The van der Waals surface area contributed by atoms with Crippen LogP contribution in [0.15, 0.2) is 18.2 Å². The van der Waals surface area contributed by atoms with Gasteiger partial charge in [0.25, 0.3) is 0 Å². The van der Waals surface area contributed by atoms with Crippen molar-refractivity contribution in [1.29, 1.82) is 0 Å². The molecule has 2 N–H and O–H groups in total. The molecule has 0 radical (unpaired) electrons. The van der Waals surface area contributed by atoms with Gasteiger partial charge in [-0.05, 0) is 56.3 Å². The predicted octanol–water partition coefficient (Wildman–Crippen LogP) is 3.93. The lowest BCUT2D eigenvalue weighted by molar-refractivity contribution is 0.164. The lowest BCUT2D eigenvalue weighted by Gasteiger charge is -2.33. The molecule has 0 amide bonds. The Kier molecular flexibility index (Phi) is 4.52. The monoisotopic (exact) mass is 266 g/mol. The molecular formula is C15H23ClN2. The second-order valence-corrected chi connectivity index (χ2v) is 6.09. The molecule has 0 heterocycles. The van der Waals surface area contributed by atoms with E-state index >= 15 is 0 Å². The molecule has 2 rings (SSSR count).